The molecule has 2 aromatic heterocycles. The van der Waals surface area contributed by atoms with Crippen molar-refractivity contribution >= 4 is 28.3 Å². The highest BCUT2D eigenvalue weighted by Crippen LogP contribution is 2.29. The molecule has 1 amide bonds. The highest BCUT2D eigenvalue weighted by Gasteiger charge is 2.33. The Morgan fingerprint density at radius 3 is 2.68 bits per heavy atom. The SMILES string of the molecule is Cc1cc(C)n(CCC(=O)OC(C)C(=O)N(c2nccs2)C2CCCCC2)n1. The molecule has 1 aliphatic carbocycles. The number of hydrogen-bond acceptors (Lipinski definition) is 6. The van der Waals surface area contributed by atoms with Crippen LogP contribution in [0.3, 0.4) is 0 Å². The molecule has 0 aliphatic heterocycles. The third kappa shape index (κ3) is 4.98. The van der Waals surface area contributed by atoms with Gasteiger partial charge in [-0.15, -0.1) is 11.3 Å². The number of esters is 1. The first-order valence-corrected chi connectivity index (χ1v) is 10.8. The van der Waals surface area contributed by atoms with Crippen LogP contribution in [0.2, 0.25) is 0 Å². The molecule has 1 atom stereocenters. The number of aryl methyl sites for hydroxylation is 3. The molecule has 1 saturated carbocycles. The minimum atomic E-state index is -0.834. The first-order chi connectivity index (χ1) is 13.5. The van der Waals surface area contributed by atoms with Crippen LogP contribution in [-0.4, -0.2) is 38.8 Å². The van der Waals surface area contributed by atoms with Crippen molar-refractivity contribution in [1.82, 2.24) is 14.8 Å². The van der Waals surface area contributed by atoms with Gasteiger partial charge in [0.05, 0.1) is 18.7 Å². The van der Waals surface area contributed by atoms with E-state index in [-0.39, 0.29) is 18.4 Å². The van der Waals surface area contributed by atoms with E-state index in [0.717, 1.165) is 37.1 Å². The van der Waals surface area contributed by atoms with Crippen molar-refractivity contribution in [1.29, 1.82) is 0 Å². The summed E-state index contributed by atoms with van der Waals surface area (Å²) in [7, 11) is 0. The second-order valence-corrected chi connectivity index (χ2v) is 8.22. The summed E-state index contributed by atoms with van der Waals surface area (Å²) in [5.74, 6) is -0.586. The quantitative estimate of drug-likeness (QED) is 0.659. The Labute approximate surface area is 169 Å². The van der Waals surface area contributed by atoms with Gasteiger partial charge in [0.25, 0.3) is 5.91 Å². The van der Waals surface area contributed by atoms with Crippen molar-refractivity contribution in [3.63, 3.8) is 0 Å². The van der Waals surface area contributed by atoms with E-state index in [9.17, 15) is 9.59 Å². The molecular formula is C20H28N4O3S. The predicted molar refractivity (Wildman–Crippen MR) is 108 cm³/mol. The number of thiazole rings is 1. The fourth-order valence-corrected chi connectivity index (χ4v) is 4.42. The first kappa shape index (κ1) is 20.5. The maximum atomic E-state index is 13.1. The fourth-order valence-electron chi connectivity index (χ4n) is 3.71. The van der Waals surface area contributed by atoms with Gasteiger partial charge in [-0.25, -0.2) is 4.98 Å². The second-order valence-electron chi connectivity index (χ2n) is 7.35. The Balaban J connectivity index is 1.60. The summed E-state index contributed by atoms with van der Waals surface area (Å²) in [6, 6.07) is 2.09. The molecule has 152 valence electrons. The van der Waals surface area contributed by atoms with E-state index >= 15 is 0 Å². The molecule has 7 nitrogen and oxygen atoms in total. The lowest BCUT2D eigenvalue weighted by molar-refractivity contribution is -0.154. The van der Waals surface area contributed by atoms with Crippen LogP contribution in [0, 0.1) is 13.8 Å². The summed E-state index contributed by atoms with van der Waals surface area (Å²) < 4.78 is 7.24. The smallest absolute Gasteiger partial charge is 0.308 e. The van der Waals surface area contributed by atoms with E-state index in [4.69, 9.17) is 4.74 Å². The molecule has 2 aromatic rings. The van der Waals surface area contributed by atoms with Gasteiger partial charge in [0.15, 0.2) is 11.2 Å². The lowest BCUT2D eigenvalue weighted by atomic mass is 9.94. The highest BCUT2D eigenvalue weighted by molar-refractivity contribution is 7.13. The summed E-state index contributed by atoms with van der Waals surface area (Å²) in [4.78, 5) is 31.5. The van der Waals surface area contributed by atoms with E-state index < -0.39 is 12.1 Å². The number of ether oxygens (including phenoxy) is 1. The molecule has 0 spiro atoms. The molecular weight excluding hydrogens is 376 g/mol. The van der Waals surface area contributed by atoms with Crippen LogP contribution < -0.4 is 4.90 Å². The number of hydrogen-bond donors (Lipinski definition) is 0. The van der Waals surface area contributed by atoms with Gasteiger partial charge in [-0.1, -0.05) is 19.3 Å². The number of rotatable bonds is 7. The van der Waals surface area contributed by atoms with Gasteiger partial charge in [0.2, 0.25) is 0 Å². The summed E-state index contributed by atoms with van der Waals surface area (Å²) in [6.45, 7) is 5.96. The van der Waals surface area contributed by atoms with Crippen LogP contribution in [0.1, 0.15) is 56.8 Å². The molecule has 3 rings (SSSR count). The van der Waals surface area contributed by atoms with E-state index in [1.54, 1.807) is 22.7 Å². The molecule has 1 aliphatic rings. The molecule has 28 heavy (non-hydrogen) atoms. The lowest BCUT2D eigenvalue weighted by Gasteiger charge is -2.33. The number of nitrogens with zero attached hydrogens (tertiary/aromatic N) is 4. The number of anilines is 1. The number of aromatic nitrogens is 3. The zero-order valence-corrected chi connectivity index (χ0v) is 17.6. The molecule has 0 saturated heterocycles. The average molecular weight is 405 g/mol. The third-order valence-corrected chi connectivity index (χ3v) is 5.86. The van der Waals surface area contributed by atoms with E-state index in [1.165, 1.54) is 17.8 Å². The monoisotopic (exact) mass is 404 g/mol. The lowest BCUT2D eigenvalue weighted by Crippen LogP contribution is -2.47. The van der Waals surface area contributed by atoms with Gasteiger partial charge in [-0.2, -0.15) is 5.10 Å². The van der Waals surface area contributed by atoms with Crippen LogP contribution in [-0.2, 0) is 20.9 Å². The summed E-state index contributed by atoms with van der Waals surface area (Å²) in [6.07, 6.45) is 6.39. The van der Waals surface area contributed by atoms with Gasteiger partial charge in [0.1, 0.15) is 0 Å². The van der Waals surface area contributed by atoms with Crippen molar-refractivity contribution in [2.24, 2.45) is 0 Å². The third-order valence-electron chi connectivity index (χ3n) is 5.09. The van der Waals surface area contributed by atoms with Crippen LogP contribution in [0.15, 0.2) is 17.6 Å². The Hall–Kier alpha value is -2.22. The van der Waals surface area contributed by atoms with Gasteiger partial charge in [-0.05, 0) is 39.7 Å². The van der Waals surface area contributed by atoms with Crippen molar-refractivity contribution in [3.8, 4) is 0 Å². The molecule has 1 fully saturated rings. The molecule has 0 radical (unpaired) electrons. The fraction of sp³-hybridized carbons (Fsp3) is 0.600. The summed E-state index contributed by atoms with van der Waals surface area (Å²) >= 11 is 1.44. The minimum Gasteiger partial charge on any atom is -0.452 e. The Morgan fingerprint density at radius 1 is 1.32 bits per heavy atom. The van der Waals surface area contributed by atoms with E-state index in [0.29, 0.717) is 11.7 Å². The van der Waals surface area contributed by atoms with Gasteiger partial charge < -0.3 is 4.74 Å². The summed E-state index contributed by atoms with van der Waals surface area (Å²) in [5, 5.41) is 6.89. The van der Waals surface area contributed by atoms with Crippen LogP contribution in [0.4, 0.5) is 5.13 Å². The molecule has 1 unspecified atom stereocenters. The van der Waals surface area contributed by atoms with Gasteiger partial charge >= 0.3 is 5.97 Å². The topological polar surface area (TPSA) is 77.3 Å². The van der Waals surface area contributed by atoms with Crippen molar-refractivity contribution < 1.29 is 14.3 Å². The summed E-state index contributed by atoms with van der Waals surface area (Å²) in [5.41, 5.74) is 1.92. The zero-order valence-electron chi connectivity index (χ0n) is 16.8. The molecule has 0 N–H and O–H groups in total. The van der Waals surface area contributed by atoms with Crippen molar-refractivity contribution in [3.05, 3.63) is 29.0 Å². The maximum Gasteiger partial charge on any atom is 0.308 e. The number of carbonyl (C=O) groups is 2. The normalized spacial score (nSPS) is 16.0. The number of amides is 1. The Kier molecular flexibility index (Phi) is 6.83. The molecule has 8 heteroatoms. The Bertz CT molecular complexity index is 796. The molecule has 0 aromatic carbocycles. The van der Waals surface area contributed by atoms with Gasteiger partial charge in [-0.3, -0.25) is 19.2 Å². The second kappa shape index (κ2) is 9.32. The van der Waals surface area contributed by atoms with E-state index in [2.05, 4.69) is 10.1 Å². The predicted octanol–water partition coefficient (Wildman–Crippen LogP) is 3.64. The van der Waals surface area contributed by atoms with Crippen LogP contribution >= 0.6 is 11.3 Å². The first-order valence-electron chi connectivity index (χ1n) is 9.89. The van der Waals surface area contributed by atoms with Crippen LogP contribution in [0.5, 0.6) is 0 Å². The average Bonchev–Trinajstić information content (AvgIpc) is 3.30. The highest BCUT2D eigenvalue weighted by atomic mass is 32.1. The molecule has 2 heterocycles. The Morgan fingerprint density at radius 2 is 2.07 bits per heavy atom. The van der Waals surface area contributed by atoms with Crippen molar-refractivity contribution in [2.45, 2.75) is 78.0 Å². The van der Waals surface area contributed by atoms with Gasteiger partial charge in [0, 0.05) is 23.3 Å². The number of carbonyl (C=O) groups excluding carboxylic acids is 2. The van der Waals surface area contributed by atoms with Crippen LogP contribution in [0.25, 0.3) is 0 Å². The standard InChI is InChI=1S/C20H28N4O3S/c1-14-13-15(2)23(22-14)11-9-18(25)27-16(3)19(26)24(20-21-10-12-28-20)17-7-5-4-6-8-17/h10,12-13,16-17H,4-9,11H2,1-3H3. The zero-order chi connectivity index (χ0) is 20.1. The largest absolute Gasteiger partial charge is 0.452 e. The minimum absolute atomic E-state index is 0.128. The molecule has 0 bridgehead atoms. The van der Waals surface area contributed by atoms with Crippen molar-refractivity contribution in [2.75, 3.05) is 4.90 Å². The van der Waals surface area contributed by atoms with E-state index in [1.807, 2.05) is 25.3 Å². The maximum absolute atomic E-state index is 13.1.